The SMILES string of the molecule is CC(NC(=O)c1ccccc1NC(=O)C1CCCN(Cc2nc(-c3ccc(F)cc3)no2)C1)c1ccccc1. The molecule has 2 unspecified atom stereocenters. The Kier molecular flexibility index (Phi) is 8.07. The second-order valence-electron chi connectivity index (χ2n) is 9.73. The fourth-order valence-corrected chi connectivity index (χ4v) is 4.76. The Morgan fingerprint density at radius 3 is 2.59 bits per heavy atom. The van der Waals surface area contributed by atoms with Gasteiger partial charge < -0.3 is 15.2 Å². The van der Waals surface area contributed by atoms with Crippen molar-refractivity contribution in [2.24, 2.45) is 5.92 Å². The molecule has 2 N–H and O–H groups in total. The molecule has 200 valence electrons. The molecule has 0 spiro atoms. The third kappa shape index (κ3) is 6.56. The van der Waals surface area contributed by atoms with Gasteiger partial charge in [-0.05, 0) is 68.3 Å². The van der Waals surface area contributed by atoms with E-state index in [1.165, 1.54) is 12.1 Å². The van der Waals surface area contributed by atoms with Crippen LogP contribution in [0.2, 0.25) is 0 Å². The van der Waals surface area contributed by atoms with Gasteiger partial charge in [-0.2, -0.15) is 4.98 Å². The molecule has 8 nitrogen and oxygen atoms in total. The molecule has 2 amide bonds. The van der Waals surface area contributed by atoms with E-state index < -0.39 is 0 Å². The molecular formula is C30H30FN5O3. The van der Waals surface area contributed by atoms with Crippen molar-refractivity contribution in [2.45, 2.75) is 32.4 Å². The first-order valence-corrected chi connectivity index (χ1v) is 13.0. The monoisotopic (exact) mass is 527 g/mol. The number of carbonyl (C=O) groups is 2. The number of amides is 2. The summed E-state index contributed by atoms with van der Waals surface area (Å²) in [4.78, 5) is 32.9. The van der Waals surface area contributed by atoms with E-state index in [1.807, 2.05) is 37.3 Å². The predicted octanol–water partition coefficient (Wildman–Crippen LogP) is 5.22. The van der Waals surface area contributed by atoms with Gasteiger partial charge in [0.15, 0.2) is 0 Å². The molecule has 2 heterocycles. The number of nitrogens with one attached hydrogen (secondary N) is 2. The fraction of sp³-hybridized carbons (Fsp3) is 0.267. The van der Waals surface area contributed by atoms with Crippen LogP contribution in [0.15, 0.2) is 83.4 Å². The molecule has 1 aliphatic heterocycles. The number of aromatic nitrogens is 2. The highest BCUT2D eigenvalue weighted by molar-refractivity contribution is 6.04. The largest absolute Gasteiger partial charge is 0.345 e. The van der Waals surface area contributed by atoms with Gasteiger partial charge in [0.05, 0.1) is 29.8 Å². The quantitative estimate of drug-likeness (QED) is 0.326. The molecule has 3 aromatic carbocycles. The summed E-state index contributed by atoms with van der Waals surface area (Å²) in [5, 5.41) is 10.0. The molecular weight excluding hydrogens is 497 g/mol. The van der Waals surface area contributed by atoms with Crippen LogP contribution in [0, 0.1) is 11.7 Å². The number of benzene rings is 3. The van der Waals surface area contributed by atoms with Crippen LogP contribution in [-0.2, 0) is 11.3 Å². The normalized spacial score (nSPS) is 16.4. The van der Waals surface area contributed by atoms with E-state index in [4.69, 9.17) is 4.52 Å². The topological polar surface area (TPSA) is 100 Å². The molecule has 4 aromatic rings. The zero-order valence-corrected chi connectivity index (χ0v) is 21.6. The summed E-state index contributed by atoms with van der Waals surface area (Å²) in [5.41, 5.74) is 2.57. The molecule has 0 saturated carbocycles. The molecule has 5 rings (SSSR count). The fourth-order valence-electron chi connectivity index (χ4n) is 4.76. The molecule has 2 atom stereocenters. The van der Waals surface area contributed by atoms with Gasteiger partial charge in [-0.15, -0.1) is 0 Å². The van der Waals surface area contributed by atoms with Crippen molar-refractivity contribution in [2.75, 3.05) is 18.4 Å². The van der Waals surface area contributed by atoms with E-state index in [0.29, 0.717) is 41.6 Å². The Balaban J connectivity index is 1.20. The number of anilines is 1. The van der Waals surface area contributed by atoms with Gasteiger partial charge in [0, 0.05) is 12.1 Å². The van der Waals surface area contributed by atoms with E-state index in [9.17, 15) is 14.0 Å². The molecule has 1 fully saturated rings. The summed E-state index contributed by atoms with van der Waals surface area (Å²) in [6.07, 6.45) is 1.58. The lowest BCUT2D eigenvalue weighted by atomic mass is 9.96. The van der Waals surface area contributed by atoms with Crippen molar-refractivity contribution in [1.29, 1.82) is 0 Å². The lowest BCUT2D eigenvalue weighted by Gasteiger charge is -2.31. The lowest BCUT2D eigenvalue weighted by Crippen LogP contribution is -2.40. The Labute approximate surface area is 226 Å². The van der Waals surface area contributed by atoms with E-state index in [-0.39, 0.29) is 29.6 Å². The molecule has 1 saturated heterocycles. The summed E-state index contributed by atoms with van der Waals surface area (Å²) >= 11 is 0. The summed E-state index contributed by atoms with van der Waals surface area (Å²) in [7, 11) is 0. The van der Waals surface area contributed by atoms with Crippen LogP contribution in [0.1, 0.15) is 47.6 Å². The maximum atomic E-state index is 13.2. The molecule has 0 radical (unpaired) electrons. The minimum atomic E-state index is -0.329. The van der Waals surface area contributed by atoms with Crippen molar-refractivity contribution in [3.8, 4) is 11.4 Å². The predicted molar refractivity (Wildman–Crippen MR) is 145 cm³/mol. The number of likely N-dealkylation sites (tertiary alicyclic amines) is 1. The summed E-state index contributed by atoms with van der Waals surface area (Å²) < 4.78 is 18.6. The van der Waals surface area contributed by atoms with Gasteiger partial charge in [0.2, 0.25) is 17.6 Å². The number of nitrogens with zero attached hydrogens (tertiary/aromatic N) is 3. The molecule has 1 aliphatic rings. The Bertz CT molecular complexity index is 1420. The van der Waals surface area contributed by atoms with Gasteiger partial charge >= 0.3 is 0 Å². The third-order valence-electron chi connectivity index (χ3n) is 6.88. The van der Waals surface area contributed by atoms with Crippen LogP contribution in [0.4, 0.5) is 10.1 Å². The maximum absolute atomic E-state index is 13.2. The number of para-hydroxylation sites is 1. The van der Waals surface area contributed by atoms with E-state index >= 15 is 0 Å². The maximum Gasteiger partial charge on any atom is 0.253 e. The van der Waals surface area contributed by atoms with E-state index in [1.54, 1.807) is 36.4 Å². The minimum absolute atomic E-state index is 0.131. The number of hydrogen-bond donors (Lipinski definition) is 2. The third-order valence-corrected chi connectivity index (χ3v) is 6.88. The summed E-state index contributed by atoms with van der Waals surface area (Å²) in [6, 6.07) is 22.5. The molecule has 9 heteroatoms. The Morgan fingerprint density at radius 2 is 1.79 bits per heavy atom. The molecule has 0 aliphatic carbocycles. The first-order valence-electron chi connectivity index (χ1n) is 13.0. The number of carbonyl (C=O) groups excluding carboxylic acids is 2. The summed E-state index contributed by atoms with van der Waals surface area (Å²) in [6.45, 7) is 3.67. The average Bonchev–Trinajstić information content (AvgIpc) is 3.42. The standard InChI is InChI=1S/C30H30FN5O3/c1-20(21-8-3-2-4-9-21)32-30(38)25-11-5-6-12-26(25)33-29(37)23-10-7-17-36(18-23)19-27-34-28(35-39-27)22-13-15-24(31)16-14-22/h2-6,8-9,11-16,20,23H,7,10,17-19H2,1H3,(H,32,38)(H,33,37). The van der Waals surface area contributed by atoms with Crippen LogP contribution in [0.25, 0.3) is 11.4 Å². The Hall–Kier alpha value is -4.37. The van der Waals surface area contributed by atoms with Crippen LogP contribution in [-0.4, -0.2) is 39.9 Å². The number of hydrogen-bond acceptors (Lipinski definition) is 6. The first-order chi connectivity index (χ1) is 19.0. The zero-order chi connectivity index (χ0) is 27.2. The van der Waals surface area contributed by atoms with E-state index in [0.717, 1.165) is 24.9 Å². The minimum Gasteiger partial charge on any atom is -0.345 e. The lowest BCUT2D eigenvalue weighted by molar-refractivity contribution is -0.121. The van der Waals surface area contributed by atoms with Crippen LogP contribution < -0.4 is 10.6 Å². The number of halogens is 1. The van der Waals surface area contributed by atoms with Crippen molar-refractivity contribution in [1.82, 2.24) is 20.4 Å². The second-order valence-corrected chi connectivity index (χ2v) is 9.73. The van der Waals surface area contributed by atoms with Crippen molar-refractivity contribution < 1.29 is 18.5 Å². The van der Waals surface area contributed by atoms with Gasteiger partial charge in [-0.25, -0.2) is 4.39 Å². The van der Waals surface area contributed by atoms with Crippen LogP contribution in [0.5, 0.6) is 0 Å². The molecule has 39 heavy (non-hydrogen) atoms. The van der Waals surface area contributed by atoms with Gasteiger partial charge in [0.25, 0.3) is 5.91 Å². The highest BCUT2D eigenvalue weighted by Crippen LogP contribution is 2.24. The number of piperidine rings is 1. The average molecular weight is 528 g/mol. The van der Waals surface area contributed by atoms with Gasteiger partial charge in [-0.1, -0.05) is 47.6 Å². The zero-order valence-electron chi connectivity index (χ0n) is 21.6. The van der Waals surface area contributed by atoms with Crippen molar-refractivity contribution in [3.63, 3.8) is 0 Å². The number of rotatable bonds is 8. The van der Waals surface area contributed by atoms with Gasteiger partial charge in [0.1, 0.15) is 5.82 Å². The van der Waals surface area contributed by atoms with Crippen LogP contribution in [0.3, 0.4) is 0 Å². The smallest absolute Gasteiger partial charge is 0.253 e. The highest BCUT2D eigenvalue weighted by atomic mass is 19.1. The first kappa shape index (κ1) is 26.2. The van der Waals surface area contributed by atoms with Crippen molar-refractivity contribution >= 4 is 17.5 Å². The molecule has 1 aromatic heterocycles. The highest BCUT2D eigenvalue weighted by Gasteiger charge is 2.28. The van der Waals surface area contributed by atoms with Crippen molar-refractivity contribution in [3.05, 3.63) is 102 Å². The second kappa shape index (κ2) is 12.0. The van der Waals surface area contributed by atoms with Crippen LogP contribution >= 0.6 is 0 Å². The Morgan fingerprint density at radius 1 is 1.05 bits per heavy atom. The van der Waals surface area contributed by atoms with E-state index in [2.05, 4.69) is 25.7 Å². The summed E-state index contributed by atoms with van der Waals surface area (Å²) in [5.74, 6) is -0.130. The molecule has 0 bridgehead atoms. The van der Waals surface area contributed by atoms with Gasteiger partial charge in [-0.3, -0.25) is 14.5 Å².